The lowest BCUT2D eigenvalue weighted by molar-refractivity contribution is -0.301. The van der Waals surface area contributed by atoms with Gasteiger partial charge in [-0.15, -0.1) is 0 Å². The lowest BCUT2D eigenvalue weighted by Crippen LogP contribution is -2.73. The van der Waals surface area contributed by atoms with Crippen LogP contribution in [0.4, 0.5) is 0 Å². The van der Waals surface area contributed by atoms with E-state index < -0.39 is 74.6 Å². The summed E-state index contributed by atoms with van der Waals surface area (Å²) < 4.78 is 10.1. The van der Waals surface area contributed by atoms with E-state index in [9.17, 15) is 34.5 Å². The van der Waals surface area contributed by atoms with Crippen LogP contribution in [-0.2, 0) is 28.7 Å². The van der Waals surface area contributed by atoms with Crippen molar-refractivity contribution in [3.8, 4) is 0 Å². The van der Waals surface area contributed by atoms with Gasteiger partial charge in [0.25, 0.3) is 5.79 Å². The molecular formula is C26H36O9. The second kappa shape index (κ2) is 7.01. The number of carbonyl (C=O) groups excluding carboxylic acids is 4. The zero-order valence-corrected chi connectivity index (χ0v) is 21.6. The molecule has 3 aliphatic carbocycles. The minimum Gasteiger partial charge on any atom is -0.467 e. The predicted molar refractivity (Wildman–Crippen MR) is 121 cm³/mol. The van der Waals surface area contributed by atoms with Crippen LogP contribution in [0.5, 0.6) is 0 Å². The standard InChI is InChI=1S/C26H36O9/c1-12-11-13-22(4)10-9-14(27)21(2,3)16(22)15(28)18(29)23(13,5)17-19(30)35-26(33,24(12,17)6)25(7,32)20(31)34-8/h11,13,16-18,29,32-33H,9-10H2,1-8H3/t13-,16+,17+,18+,22-,23-,24+,25?,26?/m0/s1. The van der Waals surface area contributed by atoms with E-state index in [1.807, 2.05) is 13.0 Å². The molecule has 0 amide bonds. The van der Waals surface area contributed by atoms with Crippen molar-refractivity contribution >= 4 is 23.5 Å². The minimum absolute atomic E-state index is 0.0470. The first kappa shape index (κ1) is 26.0. The van der Waals surface area contributed by atoms with Crippen molar-refractivity contribution in [1.82, 2.24) is 0 Å². The van der Waals surface area contributed by atoms with Gasteiger partial charge in [-0.2, -0.15) is 0 Å². The summed E-state index contributed by atoms with van der Waals surface area (Å²) in [6.45, 7) is 11.2. The summed E-state index contributed by atoms with van der Waals surface area (Å²) in [6.07, 6.45) is 0.828. The van der Waals surface area contributed by atoms with E-state index in [1.165, 1.54) is 6.92 Å². The Morgan fingerprint density at radius 1 is 1.14 bits per heavy atom. The molecule has 1 heterocycles. The maximum atomic E-state index is 13.8. The van der Waals surface area contributed by atoms with E-state index in [2.05, 4.69) is 4.74 Å². The van der Waals surface area contributed by atoms with Gasteiger partial charge in [-0.05, 0) is 38.5 Å². The number of carbonyl (C=O) groups is 4. The molecule has 4 aliphatic rings. The summed E-state index contributed by atoms with van der Waals surface area (Å²) in [5.41, 5.74) is -7.07. The topological polar surface area (TPSA) is 147 Å². The second-order valence-electron chi connectivity index (χ2n) is 12.3. The molecular weight excluding hydrogens is 456 g/mol. The second-order valence-corrected chi connectivity index (χ2v) is 12.3. The highest BCUT2D eigenvalue weighted by Crippen LogP contribution is 2.72. The summed E-state index contributed by atoms with van der Waals surface area (Å²) >= 11 is 0. The third-order valence-electron chi connectivity index (χ3n) is 10.4. The Bertz CT molecular complexity index is 1070. The monoisotopic (exact) mass is 492 g/mol. The highest BCUT2D eigenvalue weighted by molar-refractivity contribution is 5.98. The van der Waals surface area contributed by atoms with Crippen LogP contribution in [0.15, 0.2) is 11.6 Å². The van der Waals surface area contributed by atoms with Crippen LogP contribution in [0, 0.1) is 39.4 Å². The Morgan fingerprint density at radius 3 is 2.26 bits per heavy atom. The Balaban J connectivity index is 2.00. The molecule has 9 nitrogen and oxygen atoms in total. The van der Waals surface area contributed by atoms with Gasteiger partial charge in [0.1, 0.15) is 11.9 Å². The summed E-state index contributed by atoms with van der Waals surface area (Å²) in [6, 6.07) is 0. The van der Waals surface area contributed by atoms with E-state index in [1.54, 1.807) is 27.7 Å². The van der Waals surface area contributed by atoms with Crippen LogP contribution < -0.4 is 0 Å². The van der Waals surface area contributed by atoms with E-state index in [-0.39, 0.29) is 12.2 Å². The lowest BCUT2D eigenvalue weighted by atomic mass is 9.36. The molecule has 0 radical (unpaired) electrons. The highest BCUT2D eigenvalue weighted by atomic mass is 16.7. The first-order valence-electron chi connectivity index (χ1n) is 12.0. The number of aliphatic hydroxyl groups is 3. The van der Waals surface area contributed by atoms with Gasteiger partial charge in [-0.25, -0.2) is 4.79 Å². The molecule has 0 aromatic heterocycles. The van der Waals surface area contributed by atoms with Crippen LogP contribution in [0.1, 0.15) is 61.3 Å². The molecule has 0 bridgehead atoms. The normalized spacial score (nSPS) is 48.1. The van der Waals surface area contributed by atoms with E-state index in [4.69, 9.17) is 4.74 Å². The number of allylic oxidation sites excluding steroid dienone is 1. The van der Waals surface area contributed by atoms with E-state index in [0.717, 1.165) is 14.0 Å². The van der Waals surface area contributed by atoms with Gasteiger partial charge in [0.05, 0.1) is 18.4 Å². The van der Waals surface area contributed by atoms with Crippen molar-refractivity contribution in [3.05, 3.63) is 11.6 Å². The number of aliphatic hydroxyl groups excluding tert-OH is 1. The van der Waals surface area contributed by atoms with Crippen LogP contribution >= 0.6 is 0 Å². The van der Waals surface area contributed by atoms with Crippen LogP contribution in [0.3, 0.4) is 0 Å². The molecule has 9 atom stereocenters. The summed E-state index contributed by atoms with van der Waals surface area (Å²) in [4.78, 5) is 52.7. The number of Topliss-reactive ketones (excluding diaryl/α,β-unsaturated/α-hetero) is 2. The molecule has 1 aliphatic heterocycles. The van der Waals surface area contributed by atoms with Crippen molar-refractivity contribution in [2.75, 3.05) is 7.11 Å². The zero-order chi connectivity index (χ0) is 26.7. The van der Waals surface area contributed by atoms with Crippen molar-refractivity contribution in [2.45, 2.75) is 78.8 Å². The third kappa shape index (κ3) is 2.59. The first-order valence-corrected chi connectivity index (χ1v) is 12.0. The number of ketones is 2. The summed E-state index contributed by atoms with van der Waals surface area (Å²) in [7, 11) is 1.04. The molecule has 0 spiro atoms. The molecule has 194 valence electrons. The molecule has 0 aromatic carbocycles. The van der Waals surface area contributed by atoms with Gasteiger partial charge in [-0.1, -0.05) is 39.3 Å². The fourth-order valence-electron chi connectivity index (χ4n) is 8.38. The molecule has 35 heavy (non-hydrogen) atoms. The highest BCUT2D eigenvalue weighted by Gasteiger charge is 2.82. The molecule has 0 aromatic rings. The van der Waals surface area contributed by atoms with Crippen molar-refractivity contribution in [1.29, 1.82) is 0 Å². The average Bonchev–Trinajstić information content (AvgIpc) is 2.99. The molecule has 2 saturated carbocycles. The summed E-state index contributed by atoms with van der Waals surface area (Å²) in [5.74, 6) is -8.01. The SMILES string of the molecule is COC(=O)C(C)(O)C1(O)OC(=O)[C@@H]2[C@@]3(C)[C@H](O)C(=O)[C@@H]4C(C)(C)C(=O)CC[C@@]4(C)[C@@H]3C=C(C)[C@]21C. The Labute approximate surface area is 204 Å². The number of rotatable bonds is 2. The predicted octanol–water partition coefficient (Wildman–Crippen LogP) is 1.32. The maximum Gasteiger partial charge on any atom is 0.344 e. The molecule has 1 saturated heterocycles. The van der Waals surface area contributed by atoms with Crippen LogP contribution in [0.25, 0.3) is 0 Å². The molecule has 4 rings (SSSR count). The summed E-state index contributed by atoms with van der Waals surface area (Å²) in [5, 5.41) is 34.4. The number of hydrogen-bond acceptors (Lipinski definition) is 9. The van der Waals surface area contributed by atoms with Gasteiger partial charge < -0.3 is 24.8 Å². The number of ether oxygens (including phenoxy) is 2. The fourth-order valence-corrected chi connectivity index (χ4v) is 8.38. The Hall–Kier alpha value is -2.10. The van der Waals surface area contributed by atoms with Gasteiger partial charge >= 0.3 is 11.9 Å². The molecule has 3 fully saturated rings. The van der Waals surface area contributed by atoms with Gasteiger partial charge in [0.2, 0.25) is 5.60 Å². The minimum atomic E-state index is -2.73. The quantitative estimate of drug-likeness (QED) is 0.383. The third-order valence-corrected chi connectivity index (χ3v) is 10.4. The van der Waals surface area contributed by atoms with Crippen molar-refractivity contribution < 1.29 is 44.0 Å². The van der Waals surface area contributed by atoms with E-state index in [0.29, 0.717) is 12.0 Å². The number of esters is 2. The van der Waals surface area contributed by atoms with Crippen LogP contribution in [0.2, 0.25) is 0 Å². The first-order chi connectivity index (χ1) is 15.8. The smallest absolute Gasteiger partial charge is 0.344 e. The fraction of sp³-hybridized carbons (Fsp3) is 0.769. The van der Waals surface area contributed by atoms with Gasteiger partial charge in [0, 0.05) is 23.2 Å². The van der Waals surface area contributed by atoms with Gasteiger partial charge in [-0.3, -0.25) is 14.4 Å². The Morgan fingerprint density at radius 2 is 1.71 bits per heavy atom. The largest absolute Gasteiger partial charge is 0.467 e. The molecule has 2 unspecified atom stereocenters. The van der Waals surface area contributed by atoms with Gasteiger partial charge in [0.15, 0.2) is 5.78 Å². The average molecular weight is 493 g/mol. The van der Waals surface area contributed by atoms with Crippen LogP contribution in [-0.4, -0.2) is 63.4 Å². The molecule has 3 N–H and O–H groups in total. The van der Waals surface area contributed by atoms with Crippen molar-refractivity contribution in [3.63, 3.8) is 0 Å². The number of methoxy groups -OCH3 is 1. The zero-order valence-electron chi connectivity index (χ0n) is 21.6. The lowest BCUT2D eigenvalue weighted by Gasteiger charge is -2.65. The number of hydrogen-bond donors (Lipinski definition) is 3. The number of cyclic esters (lactones) is 1. The Kier molecular flexibility index (Phi) is 5.21. The maximum absolute atomic E-state index is 13.8. The molecule has 9 heteroatoms. The van der Waals surface area contributed by atoms with E-state index >= 15 is 0 Å². The number of fused-ring (bicyclic) bond motifs is 5. The van der Waals surface area contributed by atoms with Crippen molar-refractivity contribution in [2.24, 2.45) is 39.4 Å².